The zero-order valence-corrected chi connectivity index (χ0v) is 14.0. The quantitative estimate of drug-likeness (QED) is 0.586. The Morgan fingerprint density at radius 1 is 0.962 bits per heavy atom. The van der Waals surface area contributed by atoms with Gasteiger partial charge in [0.15, 0.2) is 11.5 Å². The minimum absolute atomic E-state index is 0.290. The average Bonchev–Trinajstić information content (AvgIpc) is 2.69. The third-order valence-corrected chi connectivity index (χ3v) is 3.91. The molecule has 0 unspecified atom stereocenters. The summed E-state index contributed by atoms with van der Waals surface area (Å²) in [6.45, 7) is 0. The van der Waals surface area contributed by atoms with E-state index < -0.39 is 0 Å². The number of halogens is 1. The second-order valence-electron chi connectivity index (χ2n) is 5.63. The number of ether oxygens (including phenoxy) is 1. The average molecular weight is 346 g/mol. The van der Waals surface area contributed by atoms with Gasteiger partial charge in [-0.15, -0.1) is 0 Å². The van der Waals surface area contributed by atoms with Crippen LogP contribution in [-0.2, 0) is 0 Å². The molecule has 2 heterocycles. The van der Waals surface area contributed by atoms with E-state index in [9.17, 15) is 4.39 Å². The summed E-state index contributed by atoms with van der Waals surface area (Å²) in [6, 6.07) is 17.3. The number of rotatable bonds is 4. The van der Waals surface area contributed by atoms with E-state index in [4.69, 9.17) is 4.74 Å². The van der Waals surface area contributed by atoms with Gasteiger partial charge >= 0.3 is 0 Å². The predicted octanol–water partition coefficient (Wildman–Crippen LogP) is 4.58. The molecular weight excluding hydrogens is 331 g/mol. The molecule has 0 aliphatic carbocycles. The summed E-state index contributed by atoms with van der Waals surface area (Å²) in [7, 11) is 1.61. The Bertz CT molecular complexity index is 1070. The lowest BCUT2D eigenvalue weighted by molar-refractivity contribution is 0.415. The normalized spacial score (nSPS) is 10.7. The van der Waals surface area contributed by atoms with E-state index in [1.165, 1.54) is 12.1 Å². The van der Waals surface area contributed by atoms with Crippen LogP contribution in [0.25, 0.3) is 22.4 Å². The van der Waals surface area contributed by atoms with Crippen molar-refractivity contribution in [1.82, 2.24) is 15.0 Å². The van der Waals surface area contributed by atoms with Gasteiger partial charge in [-0.25, -0.2) is 19.3 Å². The number of pyridine rings is 1. The Balaban J connectivity index is 1.83. The van der Waals surface area contributed by atoms with E-state index >= 15 is 0 Å². The van der Waals surface area contributed by atoms with Crippen LogP contribution >= 0.6 is 0 Å². The molecule has 6 heteroatoms. The lowest BCUT2D eigenvalue weighted by Crippen LogP contribution is -2.00. The van der Waals surface area contributed by atoms with E-state index in [0.29, 0.717) is 17.3 Å². The molecule has 0 saturated carbocycles. The second kappa shape index (κ2) is 6.76. The molecule has 1 N–H and O–H groups in total. The number of benzene rings is 2. The van der Waals surface area contributed by atoms with Crippen molar-refractivity contribution in [3.63, 3.8) is 0 Å². The van der Waals surface area contributed by atoms with Crippen LogP contribution in [0, 0.1) is 5.82 Å². The lowest BCUT2D eigenvalue weighted by Gasteiger charge is -2.11. The van der Waals surface area contributed by atoms with E-state index in [1.807, 2.05) is 36.4 Å². The predicted molar refractivity (Wildman–Crippen MR) is 99.0 cm³/mol. The highest BCUT2D eigenvalue weighted by atomic mass is 19.1. The zero-order chi connectivity index (χ0) is 17.9. The monoisotopic (exact) mass is 346 g/mol. The fourth-order valence-corrected chi connectivity index (χ4v) is 2.62. The van der Waals surface area contributed by atoms with Gasteiger partial charge in [0.05, 0.1) is 12.5 Å². The molecular formula is C20H15FN4O. The lowest BCUT2D eigenvalue weighted by atomic mass is 10.2. The number of methoxy groups -OCH3 is 1. The number of anilines is 2. The summed E-state index contributed by atoms with van der Waals surface area (Å²) in [6.07, 6.45) is 1.69. The number of nitrogens with one attached hydrogen (secondary N) is 1. The molecule has 0 radical (unpaired) electrons. The molecule has 2 aromatic heterocycles. The van der Waals surface area contributed by atoms with Crippen molar-refractivity contribution in [3.05, 3.63) is 72.7 Å². The van der Waals surface area contributed by atoms with Crippen LogP contribution < -0.4 is 10.1 Å². The maximum atomic E-state index is 13.2. The van der Waals surface area contributed by atoms with Crippen LogP contribution in [-0.4, -0.2) is 22.1 Å². The van der Waals surface area contributed by atoms with Gasteiger partial charge < -0.3 is 10.1 Å². The van der Waals surface area contributed by atoms with Gasteiger partial charge in [0.2, 0.25) is 0 Å². The fourth-order valence-electron chi connectivity index (χ4n) is 2.62. The highest BCUT2D eigenvalue weighted by Crippen LogP contribution is 2.27. The van der Waals surface area contributed by atoms with E-state index in [1.54, 1.807) is 25.4 Å². The van der Waals surface area contributed by atoms with E-state index in [0.717, 1.165) is 22.4 Å². The summed E-state index contributed by atoms with van der Waals surface area (Å²) in [4.78, 5) is 13.6. The molecule has 2 aromatic carbocycles. The largest absolute Gasteiger partial charge is 0.497 e. The van der Waals surface area contributed by atoms with Crippen molar-refractivity contribution in [2.45, 2.75) is 0 Å². The van der Waals surface area contributed by atoms with E-state index in [-0.39, 0.29) is 5.82 Å². The summed E-state index contributed by atoms with van der Waals surface area (Å²) < 4.78 is 18.4. The van der Waals surface area contributed by atoms with Crippen LogP contribution in [0.5, 0.6) is 5.75 Å². The molecule has 4 aromatic rings. The number of hydrogen-bond donors (Lipinski definition) is 1. The third kappa shape index (κ3) is 3.17. The van der Waals surface area contributed by atoms with Gasteiger partial charge in [-0.1, -0.05) is 12.1 Å². The summed E-state index contributed by atoms with van der Waals surface area (Å²) in [5, 5.41) is 4.00. The molecule has 26 heavy (non-hydrogen) atoms. The molecule has 0 aliphatic heterocycles. The first kappa shape index (κ1) is 16.0. The molecule has 128 valence electrons. The number of aromatic nitrogens is 3. The van der Waals surface area contributed by atoms with Crippen molar-refractivity contribution in [3.8, 4) is 17.1 Å². The fraction of sp³-hybridized carbons (Fsp3) is 0.0500. The van der Waals surface area contributed by atoms with Gasteiger partial charge in [0.25, 0.3) is 0 Å². The van der Waals surface area contributed by atoms with Gasteiger partial charge in [0, 0.05) is 17.4 Å². The van der Waals surface area contributed by atoms with Gasteiger partial charge in [0.1, 0.15) is 17.4 Å². The molecule has 0 fully saturated rings. The molecule has 0 bridgehead atoms. The Morgan fingerprint density at radius 3 is 2.62 bits per heavy atom. The third-order valence-electron chi connectivity index (χ3n) is 3.91. The van der Waals surface area contributed by atoms with Crippen molar-refractivity contribution < 1.29 is 9.13 Å². The molecule has 0 spiro atoms. The first-order valence-electron chi connectivity index (χ1n) is 8.03. The van der Waals surface area contributed by atoms with Crippen molar-refractivity contribution in [2.75, 3.05) is 12.4 Å². The molecule has 0 saturated heterocycles. The highest BCUT2D eigenvalue weighted by Gasteiger charge is 2.11. The first-order chi connectivity index (χ1) is 12.7. The highest BCUT2D eigenvalue weighted by molar-refractivity contribution is 5.89. The zero-order valence-electron chi connectivity index (χ0n) is 14.0. The second-order valence-corrected chi connectivity index (χ2v) is 5.63. The molecule has 4 rings (SSSR count). The SMILES string of the molecule is COc1cccc(-c2nc(Nc3ccc(F)cc3)c3cccnc3n2)c1. The van der Waals surface area contributed by atoms with Crippen LogP contribution in [0.4, 0.5) is 15.9 Å². The Labute approximate surface area is 149 Å². The number of hydrogen-bond acceptors (Lipinski definition) is 5. The summed E-state index contributed by atoms with van der Waals surface area (Å²) in [5.41, 5.74) is 2.12. The smallest absolute Gasteiger partial charge is 0.165 e. The van der Waals surface area contributed by atoms with E-state index in [2.05, 4.69) is 20.3 Å². The Hall–Kier alpha value is -3.54. The van der Waals surface area contributed by atoms with Crippen LogP contribution in [0.15, 0.2) is 66.9 Å². The molecule has 0 atom stereocenters. The van der Waals surface area contributed by atoms with Gasteiger partial charge in [-0.2, -0.15) is 0 Å². The molecule has 0 amide bonds. The maximum absolute atomic E-state index is 13.2. The molecule has 5 nitrogen and oxygen atoms in total. The maximum Gasteiger partial charge on any atom is 0.165 e. The summed E-state index contributed by atoms with van der Waals surface area (Å²) in [5.74, 6) is 1.56. The Morgan fingerprint density at radius 2 is 1.81 bits per heavy atom. The first-order valence-corrected chi connectivity index (χ1v) is 8.03. The number of nitrogens with zero attached hydrogens (tertiary/aromatic N) is 3. The number of fused-ring (bicyclic) bond motifs is 1. The van der Waals surface area contributed by atoms with Crippen molar-refractivity contribution in [1.29, 1.82) is 0 Å². The van der Waals surface area contributed by atoms with Crippen LogP contribution in [0.3, 0.4) is 0 Å². The Kier molecular flexibility index (Phi) is 4.15. The van der Waals surface area contributed by atoms with Gasteiger partial charge in [-0.05, 0) is 48.5 Å². The minimum atomic E-state index is -0.290. The summed E-state index contributed by atoms with van der Waals surface area (Å²) >= 11 is 0. The topological polar surface area (TPSA) is 59.9 Å². The minimum Gasteiger partial charge on any atom is -0.497 e. The molecule has 0 aliphatic rings. The standard InChI is InChI=1S/C20H15FN4O/c1-26-16-5-2-4-13(12-16)18-24-19-17(6-3-11-22-19)20(25-18)23-15-9-7-14(21)8-10-15/h2-12H,1H3,(H,22,23,24,25). The van der Waals surface area contributed by atoms with Gasteiger partial charge in [-0.3, -0.25) is 0 Å². The van der Waals surface area contributed by atoms with Crippen molar-refractivity contribution in [2.24, 2.45) is 0 Å². The van der Waals surface area contributed by atoms with Crippen molar-refractivity contribution >= 4 is 22.5 Å². The van der Waals surface area contributed by atoms with Crippen LogP contribution in [0.1, 0.15) is 0 Å². The van der Waals surface area contributed by atoms with Crippen LogP contribution in [0.2, 0.25) is 0 Å².